The first-order chi connectivity index (χ1) is 6.68. The van der Waals surface area contributed by atoms with Crippen LogP contribution < -0.4 is 0 Å². The van der Waals surface area contributed by atoms with Gasteiger partial charge in [-0.1, -0.05) is 20.8 Å². The third kappa shape index (κ3) is 9.69. The summed E-state index contributed by atoms with van der Waals surface area (Å²) in [4.78, 5) is 9.88. The molecule has 0 unspecified atom stereocenters. The van der Waals surface area contributed by atoms with E-state index in [0.717, 1.165) is 19.3 Å². The quantitative estimate of drug-likeness (QED) is 0.648. The Morgan fingerprint density at radius 2 is 1.07 bits per heavy atom. The summed E-state index contributed by atoms with van der Waals surface area (Å²) in [5.74, 6) is 0. The molecule has 0 aromatic carbocycles. The number of hydrogen-bond acceptors (Lipinski definition) is 4. The topological polar surface area (TPSA) is 47.9 Å². The zero-order valence-corrected chi connectivity index (χ0v) is 12.5. The molecule has 15 heavy (non-hydrogen) atoms. The molecule has 0 rings (SSSR count). The van der Waals surface area contributed by atoms with Gasteiger partial charge in [-0.25, -0.2) is 0 Å². The molecular formula is C9H22O4SiTi. The van der Waals surface area contributed by atoms with Crippen molar-refractivity contribution in [3.05, 3.63) is 0 Å². The van der Waals surface area contributed by atoms with Gasteiger partial charge in [0.05, 0.1) is 0 Å². The summed E-state index contributed by atoms with van der Waals surface area (Å²) in [5, 5.41) is 0. The van der Waals surface area contributed by atoms with Crippen LogP contribution in [0, 0.1) is 0 Å². The molecule has 0 spiro atoms. The predicted molar refractivity (Wildman–Crippen MR) is 56.7 cm³/mol. The number of rotatable bonds is 9. The smallest absolute Gasteiger partial charge is 0.367 e. The van der Waals surface area contributed by atoms with Crippen LogP contribution in [0.5, 0.6) is 0 Å². The summed E-state index contributed by atoms with van der Waals surface area (Å²) in [6.07, 6.45) is 2.54. The maximum atomic E-state index is 9.88. The average molecular weight is 270 g/mol. The van der Waals surface area contributed by atoms with E-state index in [1.807, 2.05) is 20.8 Å². The molecule has 0 saturated carbocycles. The Bertz CT molecular complexity index is 116. The van der Waals surface area contributed by atoms with Crippen molar-refractivity contribution in [2.75, 3.05) is 19.8 Å². The fraction of sp³-hybridized carbons (Fsp3) is 1.00. The Balaban J connectivity index is 0. The van der Waals surface area contributed by atoms with E-state index in [0.29, 0.717) is 19.8 Å². The van der Waals surface area contributed by atoms with Crippen molar-refractivity contribution in [1.29, 1.82) is 0 Å². The molecule has 0 aliphatic heterocycles. The molecule has 4 nitrogen and oxygen atoms in total. The zero-order valence-electron chi connectivity index (χ0n) is 9.91. The molecule has 0 atom stereocenters. The Morgan fingerprint density at radius 1 is 0.800 bits per heavy atom. The van der Waals surface area contributed by atoms with Gasteiger partial charge < -0.3 is 18.1 Å². The fourth-order valence-corrected chi connectivity index (χ4v) is 2.45. The summed E-state index contributed by atoms with van der Waals surface area (Å²) in [6.45, 7) is 7.39. The molecule has 0 aromatic rings. The Kier molecular flexibility index (Phi) is 13.6. The summed E-state index contributed by atoms with van der Waals surface area (Å²) in [7, 11) is -3.31. The molecular weight excluding hydrogens is 248 g/mol. The maximum absolute atomic E-state index is 9.88. The molecule has 0 amide bonds. The summed E-state index contributed by atoms with van der Waals surface area (Å²) < 4.78 is 15.7. The van der Waals surface area contributed by atoms with Crippen LogP contribution in [-0.2, 0) is 35.0 Å². The monoisotopic (exact) mass is 270 g/mol. The van der Waals surface area contributed by atoms with Crippen molar-refractivity contribution in [3.8, 4) is 0 Å². The minimum Gasteiger partial charge on any atom is -0.367 e. The normalized spacial score (nSPS) is 11.2. The Morgan fingerprint density at radius 3 is 1.27 bits per heavy atom. The zero-order chi connectivity index (χ0) is 10.9. The van der Waals surface area contributed by atoms with Crippen molar-refractivity contribution >= 4 is 9.05 Å². The van der Waals surface area contributed by atoms with Crippen LogP contribution in [0.1, 0.15) is 40.0 Å². The van der Waals surface area contributed by atoms with Gasteiger partial charge in [-0.2, -0.15) is 0 Å². The van der Waals surface area contributed by atoms with Gasteiger partial charge in [0.2, 0.25) is 0 Å². The molecule has 1 N–H and O–H groups in total. The second kappa shape index (κ2) is 11.3. The third-order valence-corrected chi connectivity index (χ3v) is 3.17. The number of hydrogen-bond donors (Lipinski definition) is 1. The molecule has 0 bridgehead atoms. The largest absolute Gasteiger partial charge is 0.676 e. The summed E-state index contributed by atoms with van der Waals surface area (Å²) in [5.41, 5.74) is 0. The van der Waals surface area contributed by atoms with Crippen molar-refractivity contribution in [3.63, 3.8) is 0 Å². The molecule has 0 aromatic heterocycles. The molecule has 0 aliphatic carbocycles. The molecule has 0 heterocycles. The van der Waals surface area contributed by atoms with Crippen LogP contribution in [-0.4, -0.2) is 33.7 Å². The van der Waals surface area contributed by atoms with E-state index in [4.69, 9.17) is 13.3 Å². The van der Waals surface area contributed by atoms with Gasteiger partial charge in [0.15, 0.2) is 0 Å². The van der Waals surface area contributed by atoms with E-state index in [1.54, 1.807) is 0 Å². The van der Waals surface area contributed by atoms with Crippen LogP contribution in [0.2, 0.25) is 0 Å². The van der Waals surface area contributed by atoms with Gasteiger partial charge in [0.25, 0.3) is 0 Å². The Labute approximate surface area is 109 Å². The van der Waals surface area contributed by atoms with E-state index in [2.05, 4.69) is 0 Å². The first-order valence-electron chi connectivity index (χ1n) is 5.32. The van der Waals surface area contributed by atoms with Gasteiger partial charge >= 0.3 is 9.05 Å². The SMILES string of the molecule is CCCO[Si](O)(OCCC)OCCC.[Ti]. The first-order valence-corrected chi connectivity index (χ1v) is 7.00. The van der Waals surface area contributed by atoms with Gasteiger partial charge in [0, 0.05) is 41.5 Å². The van der Waals surface area contributed by atoms with Crippen LogP contribution in [0.4, 0.5) is 0 Å². The minimum atomic E-state index is -3.31. The third-order valence-electron chi connectivity index (χ3n) is 1.47. The van der Waals surface area contributed by atoms with Crippen LogP contribution in [0.3, 0.4) is 0 Å². The van der Waals surface area contributed by atoms with Crippen LogP contribution >= 0.6 is 0 Å². The minimum absolute atomic E-state index is 0. The van der Waals surface area contributed by atoms with Crippen molar-refractivity contribution in [2.45, 2.75) is 40.0 Å². The molecule has 0 saturated heterocycles. The maximum Gasteiger partial charge on any atom is 0.676 e. The second-order valence-electron chi connectivity index (χ2n) is 3.07. The molecule has 0 radical (unpaired) electrons. The second-order valence-corrected chi connectivity index (χ2v) is 4.98. The predicted octanol–water partition coefficient (Wildman–Crippen LogP) is 1.69. The van der Waals surface area contributed by atoms with Gasteiger partial charge in [-0.05, 0) is 19.3 Å². The first kappa shape index (κ1) is 18.1. The Hall–Kier alpha value is 0.771. The van der Waals surface area contributed by atoms with Crippen molar-refractivity contribution in [2.24, 2.45) is 0 Å². The standard InChI is InChI=1S/C9H22O4Si.Ti/c1-4-7-11-14(10,12-8-5-2)13-9-6-3;/h10H,4-9H2,1-3H3;. The van der Waals surface area contributed by atoms with E-state index in [1.165, 1.54) is 0 Å². The van der Waals surface area contributed by atoms with Gasteiger partial charge in [0.1, 0.15) is 0 Å². The van der Waals surface area contributed by atoms with Crippen molar-refractivity contribution < 1.29 is 39.8 Å². The molecule has 0 aliphatic rings. The van der Waals surface area contributed by atoms with Crippen molar-refractivity contribution in [1.82, 2.24) is 0 Å². The van der Waals surface area contributed by atoms with Crippen LogP contribution in [0.25, 0.3) is 0 Å². The van der Waals surface area contributed by atoms with E-state index < -0.39 is 9.05 Å². The molecule has 90 valence electrons. The molecule has 0 fully saturated rings. The van der Waals surface area contributed by atoms with E-state index in [-0.39, 0.29) is 21.7 Å². The average Bonchev–Trinajstić information content (AvgIpc) is 2.21. The van der Waals surface area contributed by atoms with Gasteiger partial charge in [-0.15, -0.1) is 0 Å². The van der Waals surface area contributed by atoms with Crippen LogP contribution in [0.15, 0.2) is 0 Å². The van der Waals surface area contributed by atoms with E-state index >= 15 is 0 Å². The fourth-order valence-electron chi connectivity index (χ4n) is 0.818. The molecule has 6 heteroatoms. The summed E-state index contributed by atoms with van der Waals surface area (Å²) >= 11 is 0. The van der Waals surface area contributed by atoms with Gasteiger partial charge in [-0.3, -0.25) is 0 Å². The summed E-state index contributed by atoms with van der Waals surface area (Å²) in [6, 6.07) is 0. The van der Waals surface area contributed by atoms with E-state index in [9.17, 15) is 4.80 Å².